The summed E-state index contributed by atoms with van der Waals surface area (Å²) in [6.45, 7) is 4.24. The van der Waals surface area contributed by atoms with Gasteiger partial charge in [0.25, 0.3) is 5.91 Å². The summed E-state index contributed by atoms with van der Waals surface area (Å²) in [5.41, 5.74) is 2.10. The first-order chi connectivity index (χ1) is 11.0. The minimum Gasteiger partial charge on any atom is -0.497 e. The molecule has 1 heterocycles. The van der Waals surface area contributed by atoms with Gasteiger partial charge in [-0.25, -0.2) is 4.68 Å². The van der Waals surface area contributed by atoms with Crippen LogP contribution < -0.4 is 10.1 Å². The summed E-state index contributed by atoms with van der Waals surface area (Å²) >= 11 is 0. The average Bonchev–Trinajstić information content (AvgIpc) is 2.96. The highest BCUT2D eigenvalue weighted by Gasteiger charge is 2.13. The lowest BCUT2D eigenvalue weighted by molar-refractivity contribution is 0.0936. The molecule has 0 fully saturated rings. The Bertz CT molecular complexity index is 650. The maximum absolute atomic E-state index is 12.1. The van der Waals surface area contributed by atoms with Crippen LogP contribution in [0.2, 0.25) is 0 Å². The second-order valence-corrected chi connectivity index (χ2v) is 5.39. The molecule has 1 unspecified atom stereocenters. The van der Waals surface area contributed by atoms with E-state index in [1.54, 1.807) is 17.9 Å². The second kappa shape index (κ2) is 7.78. The number of methoxy groups -OCH3 is 1. The van der Waals surface area contributed by atoms with Gasteiger partial charge in [-0.2, -0.15) is 5.10 Å². The van der Waals surface area contributed by atoms with Gasteiger partial charge in [0.1, 0.15) is 5.75 Å². The molecule has 1 aromatic carbocycles. The van der Waals surface area contributed by atoms with E-state index in [1.165, 1.54) is 0 Å². The monoisotopic (exact) mass is 317 g/mol. The summed E-state index contributed by atoms with van der Waals surface area (Å²) in [5.74, 6) is 0.537. The minimum absolute atomic E-state index is 0.233. The molecule has 0 aliphatic carbocycles. The van der Waals surface area contributed by atoms with Crippen molar-refractivity contribution in [3.05, 3.63) is 41.7 Å². The zero-order valence-corrected chi connectivity index (χ0v) is 13.7. The number of nitrogens with one attached hydrogen (secondary N) is 1. The molecule has 0 bridgehead atoms. The van der Waals surface area contributed by atoms with Crippen molar-refractivity contribution in [1.82, 2.24) is 15.1 Å². The van der Waals surface area contributed by atoms with Gasteiger partial charge in [0, 0.05) is 12.2 Å². The van der Waals surface area contributed by atoms with E-state index < -0.39 is 0 Å². The van der Waals surface area contributed by atoms with Crippen LogP contribution in [0, 0.1) is 6.92 Å². The molecule has 1 atom stereocenters. The number of aliphatic hydroxyl groups is 1. The number of aliphatic hydroxyl groups excluding tert-OH is 1. The van der Waals surface area contributed by atoms with Crippen LogP contribution in [0.25, 0.3) is 5.69 Å². The third kappa shape index (κ3) is 4.32. The van der Waals surface area contributed by atoms with E-state index >= 15 is 0 Å². The molecule has 0 saturated heterocycles. The van der Waals surface area contributed by atoms with Crippen LogP contribution in [0.5, 0.6) is 5.75 Å². The van der Waals surface area contributed by atoms with Gasteiger partial charge in [-0.1, -0.05) is 6.92 Å². The average molecular weight is 317 g/mol. The number of benzene rings is 1. The highest BCUT2D eigenvalue weighted by Crippen LogP contribution is 2.16. The zero-order valence-electron chi connectivity index (χ0n) is 13.7. The Morgan fingerprint density at radius 2 is 2.09 bits per heavy atom. The fourth-order valence-electron chi connectivity index (χ4n) is 2.22. The molecule has 2 N–H and O–H groups in total. The van der Waals surface area contributed by atoms with Crippen LogP contribution in [-0.4, -0.2) is 40.6 Å². The van der Waals surface area contributed by atoms with Gasteiger partial charge in [-0.15, -0.1) is 0 Å². The molecule has 1 amide bonds. The van der Waals surface area contributed by atoms with Gasteiger partial charge in [-0.05, 0) is 50.1 Å². The Kier molecular flexibility index (Phi) is 5.76. The van der Waals surface area contributed by atoms with Crippen molar-refractivity contribution in [2.75, 3.05) is 13.7 Å². The third-order valence-electron chi connectivity index (χ3n) is 3.67. The molecule has 6 nitrogen and oxygen atoms in total. The Hall–Kier alpha value is -2.34. The number of hydrogen-bond acceptors (Lipinski definition) is 4. The van der Waals surface area contributed by atoms with Gasteiger partial charge < -0.3 is 15.2 Å². The molecule has 0 aliphatic rings. The van der Waals surface area contributed by atoms with Crippen LogP contribution in [0.3, 0.4) is 0 Å². The number of carbonyl (C=O) groups is 1. The first-order valence-electron chi connectivity index (χ1n) is 7.72. The van der Waals surface area contributed by atoms with E-state index in [0.717, 1.165) is 17.1 Å². The van der Waals surface area contributed by atoms with Crippen molar-refractivity contribution in [2.45, 2.75) is 32.8 Å². The molecule has 0 spiro atoms. The first-order valence-corrected chi connectivity index (χ1v) is 7.72. The van der Waals surface area contributed by atoms with Gasteiger partial charge in [0.2, 0.25) is 0 Å². The Morgan fingerprint density at radius 1 is 1.39 bits per heavy atom. The molecule has 23 heavy (non-hydrogen) atoms. The third-order valence-corrected chi connectivity index (χ3v) is 3.67. The second-order valence-electron chi connectivity index (χ2n) is 5.39. The first kappa shape index (κ1) is 17.0. The maximum Gasteiger partial charge on any atom is 0.271 e. The van der Waals surface area contributed by atoms with Crippen molar-refractivity contribution in [2.24, 2.45) is 0 Å². The summed E-state index contributed by atoms with van der Waals surface area (Å²) in [5, 5.41) is 16.6. The van der Waals surface area contributed by atoms with Crippen molar-refractivity contribution < 1.29 is 14.6 Å². The molecule has 124 valence electrons. The molecule has 2 rings (SSSR count). The molecule has 6 heteroatoms. The largest absolute Gasteiger partial charge is 0.497 e. The Labute approximate surface area is 136 Å². The summed E-state index contributed by atoms with van der Waals surface area (Å²) in [4.78, 5) is 12.1. The van der Waals surface area contributed by atoms with Crippen LogP contribution in [-0.2, 0) is 0 Å². The normalized spacial score (nSPS) is 12.0. The van der Waals surface area contributed by atoms with Crippen LogP contribution in [0.4, 0.5) is 0 Å². The minimum atomic E-state index is -0.381. The molecular formula is C17H23N3O3. The molecule has 0 radical (unpaired) electrons. The van der Waals surface area contributed by atoms with Gasteiger partial charge >= 0.3 is 0 Å². The standard InChI is InChI=1S/C17H23N3O3/c1-4-14(21)9-10-18-17(22)16-11-12(2)20(19-16)13-5-7-15(23-3)8-6-13/h5-8,11,14,21H,4,9-10H2,1-3H3,(H,18,22). The maximum atomic E-state index is 12.1. The number of nitrogens with zero attached hydrogens (tertiary/aromatic N) is 2. The number of ether oxygens (including phenoxy) is 1. The van der Waals surface area contributed by atoms with E-state index in [1.807, 2.05) is 38.1 Å². The van der Waals surface area contributed by atoms with Crippen LogP contribution in [0.1, 0.15) is 35.9 Å². The van der Waals surface area contributed by atoms with E-state index in [0.29, 0.717) is 25.1 Å². The van der Waals surface area contributed by atoms with Crippen molar-refractivity contribution >= 4 is 5.91 Å². The van der Waals surface area contributed by atoms with Crippen molar-refractivity contribution in [3.63, 3.8) is 0 Å². The predicted octanol–water partition coefficient (Wildman–Crippen LogP) is 2.08. The summed E-state index contributed by atoms with van der Waals surface area (Å²) in [6.07, 6.45) is 0.843. The van der Waals surface area contributed by atoms with E-state index in [9.17, 15) is 9.90 Å². The number of rotatable bonds is 7. The Morgan fingerprint density at radius 3 is 2.70 bits per heavy atom. The lowest BCUT2D eigenvalue weighted by Gasteiger charge is -2.07. The lowest BCUT2D eigenvalue weighted by atomic mass is 10.2. The van der Waals surface area contributed by atoms with Crippen LogP contribution in [0.15, 0.2) is 30.3 Å². The van der Waals surface area contributed by atoms with Crippen LogP contribution >= 0.6 is 0 Å². The lowest BCUT2D eigenvalue weighted by Crippen LogP contribution is -2.27. The number of aromatic nitrogens is 2. The molecule has 2 aromatic rings. The predicted molar refractivity (Wildman–Crippen MR) is 88.1 cm³/mol. The molecular weight excluding hydrogens is 294 g/mol. The molecule has 1 aromatic heterocycles. The van der Waals surface area contributed by atoms with E-state index in [-0.39, 0.29) is 12.0 Å². The number of aryl methyl sites for hydroxylation is 1. The van der Waals surface area contributed by atoms with Gasteiger partial charge in [-0.3, -0.25) is 4.79 Å². The quantitative estimate of drug-likeness (QED) is 0.820. The fourth-order valence-corrected chi connectivity index (χ4v) is 2.22. The Balaban J connectivity index is 2.06. The smallest absolute Gasteiger partial charge is 0.271 e. The van der Waals surface area contributed by atoms with Crippen molar-refractivity contribution in [3.8, 4) is 11.4 Å². The molecule has 0 saturated carbocycles. The SMILES string of the molecule is CCC(O)CCNC(=O)c1cc(C)n(-c2ccc(OC)cc2)n1. The number of amides is 1. The summed E-state index contributed by atoms with van der Waals surface area (Å²) in [6, 6.07) is 9.22. The summed E-state index contributed by atoms with van der Waals surface area (Å²) in [7, 11) is 1.62. The fraction of sp³-hybridized carbons (Fsp3) is 0.412. The highest BCUT2D eigenvalue weighted by molar-refractivity contribution is 5.92. The molecule has 0 aliphatic heterocycles. The number of carbonyl (C=O) groups excluding carboxylic acids is 1. The zero-order chi connectivity index (χ0) is 16.8. The van der Waals surface area contributed by atoms with Gasteiger partial charge in [0.05, 0.1) is 18.9 Å². The van der Waals surface area contributed by atoms with Crippen molar-refractivity contribution in [1.29, 1.82) is 0 Å². The van der Waals surface area contributed by atoms with Gasteiger partial charge in [0.15, 0.2) is 5.69 Å². The summed E-state index contributed by atoms with van der Waals surface area (Å²) < 4.78 is 6.85. The highest BCUT2D eigenvalue weighted by atomic mass is 16.5. The van der Waals surface area contributed by atoms with E-state index in [4.69, 9.17) is 4.74 Å². The number of hydrogen-bond donors (Lipinski definition) is 2. The van der Waals surface area contributed by atoms with E-state index in [2.05, 4.69) is 10.4 Å². The topological polar surface area (TPSA) is 76.4 Å².